The SMILES string of the molecule is Fc1cc(F)cc(-c2ccc(CBr)s2)c1. The fourth-order valence-electron chi connectivity index (χ4n) is 1.30. The first-order valence-electron chi connectivity index (χ1n) is 4.30. The molecule has 0 aliphatic carbocycles. The lowest BCUT2D eigenvalue weighted by Gasteiger charge is -1.98. The van der Waals surface area contributed by atoms with Crippen molar-refractivity contribution in [3.05, 3.63) is 46.8 Å². The van der Waals surface area contributed by atoms with Crippen molar-refractivity contribution in [1.82, 2.24) is 0 Å². The Morgan fingerprint density at radius 1 is 1.07 bits per heavy atom. The number of rotatable bonds is 2. The Morgan fingerprint density at radius 3 is 2.27 bits per heavy atom. The van der Waals surface area contributed by atoms with Crippen molar-refractivity contribution in [2.75, 3.05) is 0 Å². The maximum absolute atomic E-state index is 13.0. The van der Waals surface area contributed by atoms with Crippen LogP contribution >= 0.6 is 27.3 Å². The zero-order chi connectivity index (χ0) is 10.8. The van der Waals surface area contributed by atoms with Crippen LogP contribution in [0.15, 0.2) is 30.3 Å². The Labute approximate surface area is 98.7 Å². The highest BCUT2D eigenvalue weighted by atomic mass is 79.9. The summed E-state index contributed by atoms with van der Waals surface area (Å²) in [6.45, 7) is 0. The molecule has 0 saturated heterocycles. The third-order valence-electron chi connectivity index (χ3n) is 1.94. The van der Waals surface area contributed by atoms with Gasteiger partial charge in [0.1, 0.15) is 11.6 Å². The second kappa shape index (κ2) is 4.41. The third kappa shape index (κ3) is 2.44. The van der Waals surface area contributed by atoms with Crippen LogP contribution in [0, 0.1) is 11.6 Å². The molecule has 0 atom stereocenters. The van der Waals surface area contributed by atoms with Gasteiger partial charge in [-0.3, -0.25) is 0 Å². The lowest BCUT2D eigenvalue weighted by atomic mass is 10.2. The molecule has 0 bridgehead atoms. The summed E-state index contributed by atoms with van der Waals surface area (Å²) < 4.78 is 25.9. The van der Waals surface area contributed by atoms with Gasteiger partial charge >= 0.3 is 0 Å². The van der Waals surface area contributed by atoms with Crippen molar-refractivity contribution in [1.29, 1.82) is 0 Å². The molecule has 0 spiro atoms. The van der Waals surface area contributed by atoms with Crippen LogP contribution < -0.4 is 0 Å². The van der Waals surface area contributed by atoms with E-state index in [1.54, 1.807) is 0 Å². The minimum absolute atomic E-state index is 0.543. The standard InChI is InChI=1S/C11H7BrF2S/c12-6-10-1-2-11(15-10)7-3-8(13)5-9(14)4-7/h1-5H,6H2. The number of hydrogen-bond acceptors (Lipinski definition) is 1. The van der Waals surface area contributed by atoms with Gasteiger partial charge in [0.05, 0.1) is 0 Å². The van der Waals surface area contributed by atoms with Gasteiger partial charge in [0, 0.05) is 21.2 Å². The van der Waals surface area contributed by atoms with Crippen molar-refractivity contribution in [3.8, 4) is 10.4 Å². The second-order valence-corrected chi connectivity index (χ2v) is 4.79. The number of alkyl halides is 1. The van der Waals surface area contributed by atoms with Crippen molar-refractivity contribution >= 4 is 27.3 Å². The molecule has 0 radical (unpaired) electrons. The monoisotopic (exact) mass is 288 g/mol. The maximum atomic E-state index is 13.0. The smallest absolute Gasteiger partial charge is 0.126 e. The van der Waals surface area contributed by atoms with E-state index < -0.39 is 11.6 Å². The van der Waals surface area contributed by atoms with Crippen molar-refractivity contribution < 1.29 is 8.78 Å². The highest BCUT2D eigenvalue weighted by molar-refractivity contribution is 9.08. The lowest BCUT2D eigenvalue weighted by molar-refractivity contribution is 0.584. The van der Waals surface area contributed by atoms with Crippen LogP contribution in [0.4, 0.5) is 8.78 Å². The van der Waals surface area contributed by atoms with Crippen LogP contribution in [0.1, 0.15) is 4.88 Å². The van der Waals surface area contributed by atoms with Crippen LogP contribution in [-0.2, 0) is 5.33 Å². The molecule has 0 saturated carbocycles. The summed E-state index contributed by atoms with van der Waals surface area (Å²) in [6.07, 6.45) is 0. The van der Waals surface area contributed by atoms with Gasteiger partial charge in [0.15, 0.2) is 0 Å². The predicted molar refractivity (Wildman–Crippen MR) is 62.3 cm³/mol. The van der Waals surface area contributed by atoms with Crippen LogP contribution in [0.2, 0.25) is 0 Å². The molecule has 0 aliphatic heterocycles. The predicted octanol–water partition coefficient (Wildman–Crippen LogP) is 4.59. The first-order valence-corrected chi connectivity index (χ1v) is 6.24. The molecular formula is C11H7BrF2S. The van der Waals surface area contributed by atoms with Crippen molar-refractivity contribution in [2.45, 2.75) is 5.33 Å². The summed E-state index contributed by atoms with van der Waals surface area (Å²) in [5.41, 5.74) is 0.588. The summed E-state index contributed by atoms with van der Waals surface area (Å²) in [4.78, 5) is 2.01. The highest BCUT2D eigenvalue weighted by Crippen LogP contribution is 2.30. The van der Waals surface area contributed by atoms with E-state index in [1.807, 2.05) is 12.1 Å². The molecule has 4 heteroatoms. The topological polar surface area (TPSA) is 0 Å². The molecule has 1 aromatic carbocycles. The molecule has 0 unspecified atom stereocenters. The summed E-state index contributed by atoms with van der Waals surface area (Å²) in [5.74, 6) is -1.09. The molecule has 0 N–H and O–H groups in total. The molecule has 1 aromatic heterocycles. The van der Waals surface area contributed by atoms with Crippen LogP contribution in [0.25, 0.3) is 10.4 Å². The molecule has 2 aromatic rings. The minimum atomic E-state index is -0.543. The average molecular weight is 289 g/mol. The molecule has 0 amide bonds. The third-order valence-corrected chi connectivity index (χ3v) is 4.05. The summed E-state index contributed by atoms with van der Waals surface area (Å²) in [6, 6.07) is 7.37. The molecule has 15 heavy (non-hydrogen) atoms. The zero-order valence-electron chi connectivity index (χ0n) is 7.64. The molecule has 78 valence electrons. The summed E-state index contributed by atoms with van der Waals surface area (Å²) in [5, 5.41) is 0.759. The highest BCUT2D eigenvalue weighted by Gasteiger charge is 2.05. The second-order valence-electron chi connectivity index (χ2n) is 3.06. The van der Waals surface area contributed by atoms with Gasteiger partial charge in [-0.2, -0.15) is 0 Å². The first-order chi connectivity index (χ1) is 7.19. The Morgan fingerprint density at radius 2 is 1.73 bits per heavy atom. The Bertz CT molecular complexity index is 459. The average Bonchev–Trinajstić information content (AvgIpc) is 2.64. The van der Waals surface area contributed by atoms with Crippen molar-refractivity contribution in [2.24, 2.45) is 0 Å². The van der Waals surface area contributed by atoms with Gasteiger partial charge in [-0.15, -0.1) is 11.3 Å². The van der Waals surface area contributed by atoms with E-state index in [4.69, 9.17) is 0 Å². The van der Waals surface area contributed by atoms with E-state index in [0.29, 0.717) is 5.56 Å². The minimum Gasteiger partial charge on any atom is -0.207 e. The number of hydrogen-bond donors (Lipinski definition) is 0. The Hall–Kier alpha value is -0.740. The van der Waals surface area contributed by atoms with E-state index in [9.17, 15) is 8.78 Å². The van der Waals surface area contributed by atoms with E-state index in [2.05, 4.69) is 15.9 Å². The van der Waals surface area contributed by atoms with Gasteiger partial charge in [0.25, 0.3) is 0 Å². The van der Waals surface area contributed by atoms with Gasteiger partial charge in [-0.25, -0.2) is 8.78 Å². The van der Waals surface area contributed by atoms with Gasteiger partial charge in [-0.05, 0) is 29.8 Å². The molecule has 2 rings (SSSR count). The fraction of sp³-hybridized carbons (Fsp3) is 0.0909. The molecular weight excluding hydrogens is 282 g/mol. The summed E-state index contributed by atoms with van der Waals surface area (Å²) >= 11 is 4.86. The zero-order valence-corrected chi connectivity index (χ0v) is 10.0. The quantitative estimate of drug-likeness (QED) is 0.709. The van der Waals surface area contributed by atoms with Gasteiger partial charge < -0.3 is 0 Å². The maximum Gasteiger partial charge on any atom is 0.126 e. The molecule has 0 aliphatic rings. The van der Waals surface area contributed by atoms with E-state index in [-0.39, 0.29) is 0 Å². The van der Waals surface area contributed by atoms with E-state index in [0.717, 1.165) is 21.2 Å². The fourth-order valence-corrected chi connectivity index (χ4v) is 2.68. The number of thiophene rings is 1. The van der Waals surface area contributed by atoms with Crippen LogP contribution in [-0.4, -0.2) is 0 Å². The van der Waals surface area contributed by atoms with Crippen molar-refractivity contribution in [3.63, 3.8) is 0 Å². The first kappa shape index (κ1) is 10.8. The number of halogens is 3. The normalized spacial score (nSPS) is 10.6. The molecule has 0 nitrogen and oxygen atoms in total. The Balaban J connectivity index is 2.44. The van der Waals surface area contributed by atoms with Crippen LogP contribution in [0.3, 0.4) is 0 Å². The largest absolute Gasteiger partial charge is 0.207 e. The lowest BCUT2D eigenvalue weighted by Crippen LogP contribution is -1.81. The van der Waals surface area contributed by atoms with Gasteiger partial charge in [-0.1, -0.05) is 15.9 Å². The van der Waals surface area contributed by atoms with Crippen LogP contribution in [0.5, 0.6) is 0 Å². The Kier molecular flexibility index (Phi) is 3.17. The summed E-state index contributed by atoms with van der Waals surface area (Å²) in [7, 11) is 0. The van der Waals surface area contributed by atoms with E-state index in [1.165, 1.54) is 23.5 Å². The van der Waals surface area contributed by atoms with Gasteiger partial charge in [0.2, 0.25) is 0 Å². The van der Waals surface area contributed by atoms with E-state index >= 15 is 0 Å². The molecule has 1 heterocycles. The molecule has 0 fully saturated rings. The number of benzene rings is 1.